The number of hydrogen-bond donors (Lipinski definition) is 0. The second-order valence-electron chi connectivity index (χ2n) is 11.1. The average molecular weight is 450 g/mol. The van der Waals surface area contributed by atoms with Gasteiger partial charge in [-0.15, -0.1) is 0 Å². The summed E-state index contributed by atoms with van der Waals surface area (Å²) < 4.78 is 46.1. The molecule has 8 atom stereocenters. The zero-order valence-corrected chi connectivity index (χ0v) is 18.6. The summed E-state index contributed by atoms with van der Waals surface area (Å²) in [4.78, 5) is 36.1. The van der Waals surface area contributed by atoms with E-state index in [1.165, 1.54) is 6.92 Å². The third-order valence-corrected chi connectivity index (χ3v) is 9.65. The van der Waals surface area contributed by atoms with Crippen molar-refractivity contribution < 1.29 is 32.3 Å². The highest BCUT2D eigenvalue weighted by molar-refractivity contribution is 5.92. The fourth-order valence-corrected chi connectivity index (χ4v) is 8.33. The van der Waals surface area contributed by atoms with Gasteiger partial charge < -0.3 is 4.74 Å². The Hall–Kier alpha value is -1.92. The lowest BCUT2D eigenvalue weighted by atomic mass is 9.46. The quantitative estimate of drug-likeness (QED) is 0.450. The molecule has 174 valence electrons. The number of esters is 1. The standard InChI is InChI=1S/C25H29F3O4/c1-12(29)20-13(11-32-22(31)21(26)27)8-16-19-15(5-7-24(16,20)3)23(2)6-4-14(30)9-18(23)25(28)10-17(19)25/h9,11,15-17,19-21H,4-8,10H2,1-3H3/t15-,16-,17?,19+,20-,23+,24-,25+/m0/s1. The van der Waals surface area contributed by atoms with Gasteiger partial charge in [0.25, 0.3) is 0 Å². The van der Waals surface area contributed by atoms with E-state index in [9.17, 15) is 23.2 Å². The number of ether oxygens (including phenoxy) is 1. The Morgan fingerprint density at radius 3 is 2.56 bits per heavy atom. The van der Waals surface area contributed by atoms with Crippen molar-refractivity contribution in [2.75, 3.05) is 0 Å². The normalized spacial score (nSPS) is 47.8. The number of carbonyl (C=O) groups excluding carboxylic acids is 3. The second-order valence-corrected chi connectivity index (χ2v) is 11.1. The van der Waals surface area contributed by atoms with Crippen LogP contribution in [0.2, 0.25) is 0 Å². The maximum absolute atomic E-state index is 16.1. The van der Waals surface area contributed by atoms with Gasteiger partial charge in [-0.05, 0) is 84.8 Å². The molecule has 4 fully saturated rings. The first-order valence-electron chi connectivity index (χ1n) is 11.6. The Morgan fingerprint density at radius 2 is 1.91 bits per heavy atom. The molecule has 0 aliphatic heterocycles. The minimum absolute atomic E-state index is 0.00261. The highest BCUT2D eigenvalue weighted by Gasteiger charge is 2.75. The number of rotatable bonds is 3. The predicted molar refractivity (Wildman–Crippen MR) is 109 cm³/mol. The molecular weight excluding hydrogens is 421 g/mol. The van der Waals surface area contributed by atoms with E-state index >= 15 is 4.39 Å². The molecular formula is C25H29F3O4. The lowest BCUT2D eigenvalue weighted by molar-refractivity contribution is -0.150. The topological polar surface area (TPSA) is 60.4 Å². The van der Waals surface area contributed by atoms with Gasteiger partial charge >= 0.3 is 12.4 Å². The van der Waals surface area contributed by atoms with E-state index < -0.39 is 29.4 Å². The van der Waals surface area contributed by atoms with E-state index in [4.69, 9.17) is 4.74 Å². The van der Waals surface area contributed by atoms with Gasteiger partial charge in [-0.1, -0.05) is 13.8 Å². The molecule has 0 aromatic carbocycles. The molecule has 5 aliphatic carbocycles. The van der Waals surface area contributed by atoms with Crippen LogP contribution >= 0.6 is 0 Å². The van der Waals surface area contributed by atoms with E-state index in [2.05, 4.69) is 13.8 Å². The number of fused-ring (bicyclic) bond motifs is 8. The van der Waals surface area contributed by atoms with E-state index in [0.29, 0.717) is 36.8 Å². The first kappa shape index (κ1) is 21.9. The molecule has 0 amide bonds. The molecule has 4 saturated carbocycles. The number of ketones is 2. The first-order chi connectivity index (χ1) is 14.9. The summed E-state index contributed by atoms with van der Waals surface area (Å²) in [5, 5.41) is 0. The van der Waals surface area contributed by atoms with Crippen molar-refractivity contribution in [3.05, 3.63) is 23.5 Å². The molecule has 5 aliphatic rings. The number of hydrogen-bond acceptors (Lipinski definition) is 4. The Morgan fingerprint density at radius 1 is 1.19 bits per heavy atom. The highest BCUT2D eigenvalue weighted by Crippen LogP contribution is 2.77. The van der Waals surface area contributed by atoms with Crippen LogP contribution in [-0.4, -0.2) is 29.6 Å². The third-order valence-electron chi connectivity index (χ3n) is 9.65. The molecule has 0 saturated heterocycles. The van der Waals surface area contributed by atoms with Gasteiger partial charge in [-0.25, -0.2) is 9.18 Å². The third kappa shape index (κ3) is 2.78. The Kier molecular flexibility index (Phi) is 4.65. The molecule has 0 aromatic heterocycles. The first-order valence-corrected chi connectivity index (χ1v) is 11.6. The average Bonchev–Trinajstić information content (AvgIpc) is 3.30. The molecule has 0 aromatic rings. The number of Topliss-reactive ketones (excluding diaryl/α,β-unsaturated/α-hetero) is 1. The number of allylic oxidation sites excluding steroid dienone is 2. The van der Waals surface area contributed by atoms with Crippen molar-refractivity contribution >= 4 is 17.5 Å². The second kappa shape index (κ2) is 6.80. The van der Waals surface area contributed by atoms with Crippen molar-refractivity contribution in [2.24, 2.45) is 40.4 Å². The molecule has 0 bridgehead atoms. The lowest BCUT2D eigenvalue weighted by Gasteiger charge is -2.58. The van der Waals surface area contributed by atoms with Crippen molar-refractivity contribution in [1.29, 1.82) is 0 Å². The monoisotopic (exact) mass is 450 g/mol. The summed E-state index contributed by atoms with van der Waals surface area (Å²) in [7, 11) is 0. The summed E-state index contributed by atoms with van der Waals surface area (Å²) in [6.45, 7) is 5.63. The van der Waals surface area contributed by atoms with Crippen LogP contribution in [0.15, 0.2) is 23.5 Å². The van der Waals surface area contributed by atoms with Gasteiger partial charge in [0.15, 0.2) is 5.78 Å². The minimum Gasteiger partial charge on any atom is -0.430 e. The molecule has 5 rings (SSSR count). The molecule has 0 radical (unpaired) electrons. The molecule has 0 spiro atoms. The van der Waals surface area contributed by atoms with Gasteiger partial charge in [0.2, 0.25) is 0 Å². The van der Waals surface area contributed by atoms with Gasteiger partial charge in [0.05, 0.1) is 6.26 Å². The number of carbonyl (C=O) groups is 3. The minimum atomic E-state index is -3.23. The fourth-order valence-electron chi connectivity index (χ4n) is 8.33. The molecule has 4 nitrogen and oxygen atoms in total. The Labute approximate surface area is 185 Å². The van der Waals surface area contributed by atoms with Crippen LogP contribution in [0.25, 0.3) is 0 Å². The summed E-state index contributed by atoms with van der Waals surface area (Å²) >= 11 is 0. The SMILES string of the molecule is CC(=O)[C@H]1C(=COC(=O)C(F)F)C[C@H]2[C@@H]3C4C[C@]4(F)C4=CC(=O)CC[C@]4(C)[C@H]3CC[C@]12C. The molecule has 0 heterocycles. The van der Waals surface area contributed by atoms with Crippen LogP contribution in [0.5, 0.6) is 0 Å². The highest BCUT2D eigenvalue weighted by atomic mass is 19.3. The number of halogens is 3. The lowest BCUT2D eigenvalue weighted by Crippen LogP contribution is -2.54. The Balaban J connectivity index is 1.53. The van der Waals surface area contributed by atoms with Crippen LogP contribution < -0.4 is 0 Å². The summed E-state index contributed by atoms with van der Waals surface area (Å²) in [6, 6.07) is 0. The van der Waals surface area contributed by atoms with Crippen LogP contribution in [0.1, 0.15) is 59.3 Å². The van der Waals surface area contributed by atoms with Gasteiger partial charge in [-0.3, -0.25) is 9.59 Å². The van der Waals surface area contributed by atoms with E-state index in [0.717, 1.165) is 19.1 Å². The largest absolute Gasteiger partial charge is 0.430 e. The van der Waals surface area contributed by atoms with Crippen molar-refractivity contribution in [3.8, 4) is 0 Å². The molecule has 7 heteroatoms. The predicted octanol–water partition coefficient (Wildman–Crippen LogP) is 4.97. The zero-order chi connectivity index (χ0) is 23.2. The van der Waals surface area contributed by atoms with Crippen LogP contribution in [0, 0.1) is 40.4 Å². The molecule has 0 N–H and O–H groups in total. The Bertz CT molecular complexity index is 970. The van der Waals surface area contributed by atoms with E-state index in [-0.39, 0.29) is 40.7 Å². The maximum atomic E-state index is 16.1. The van der Waals surface area contributed by atoms with Crippen LogP contribution in [0.4, 0.5) is 13.2 Å². The van der Waals surface area contributed by atoms with Crippen molar-refractivity contribution in [1.82, 2.24) is 0 Å². The molecule has 32 heavy (non-hydrogen) atoms. The van der Waals surface area contributed by atoms with Gasteiger partial charge in [0.1, 0.15) is 11.5 Å². The smallest absolute Gasteiger partial charge is 0.378 e. The maximum Gasteiger partial charge on any atom is 0.378 e. The van der Waals surface area contributed by atoms with E-state index in [1.54, 1.807) is 6.08 Å². The van der Waals surface area contributed by atoms with Crippen LogP contribution in [0.3, 0.4) is 0 Å². The van der Waals surface area contributed by atoms with Gasteiger partial charge in [-0.2, -0.15) is 8.78 Å². The number of alkyl halides is 3. The van der Waals surface area contributed by atoms with E-state index in [1.807, 2.05) is 0 Å². The zero-order valence-electron chi connectivity index (χ0n) is 18.6. The van der Waals surface area contributed by atoms with Crippen LogP contribution in [-0.2, 0) is 19.1 Å². The van der Waals surface area contributed by atoms with Crippen molar-refractivity contribution in [2.45, 2.75) is 71.4 Å². The summed E-state index contributed by atoms with van der Waals surface area (Å²) in [5.74, 6) is -2.15. The summed E-state index contributed by atoms with van der Waals surface area (Å²) in [5.41, 5.74) is -1.01. The fraction of sp³-hybridized carbons (Fsp3) is 0.720. The molecule has 1 unspecified atom stereocenters. The summed E-state index contributed by atoms with van der Waals surface area (Å²) in [6.07, 6.45) is 2.90. The van der Waals surface area contributed by atoms with Crippen molar-refractivity contribution in [3.63, 3.8) is 0 Å². The van der Waals surface area contributed by atoms with Gasteiger partial charge in [0, 0.05) is 18.3 Å².